The maximum absolute atomic E-state index is 12.5. The molecule has 0 aromatic heterocycles. The Morgan fingerprint density at radius 1 is 0.811 bits per heavy atom. The number of rotatable bonds is 16. The van der Waals surface area contributed by atoms with Crippen molar-refractivity contribution in [2.75, 3.05) is 19.5 Å². The van der Waals surface area contributed by atoms with Gasteiger partial charge in [-0.2, -0.15) is 11.8 Å². The van der Waals surface area contributed by atoms with Crippen LogP contribution in [0.2, 0.25) is 0 Å². The maximum atomic E-state index is 12.5. The van der Waals surface area contributed by atoms with Crippen LogP contribution >= 0.6 is 11.8 Å². The Hall–Kier alpha value is -2.09. The molecule has 0 amide bonds. The summed E-state index contributed by atoms with van der Waals surface area (Å²) in [5.41, 5.74) is 2.37. The van der Waals surface area contributed by atoms with Crippen molar-refractivity contribution in [1.29, 1.82) is 0 Å². The molecule has 5 nitrogen and oxygen atoms in total. The molecule has 0 saturated carbocycles. The highest BCUT2D eigenvalue weighted by molar-refractivity contribution is 7.98. The second-order valence-electron chi connectivity index (χ2n) is 7.73. The van der Waals surface area contributed by atoms with E-state index in [2.05, 4.69) is 12.1 Å². The Morgan fingerprint density at radius 3 is 1.92 bits per heavy atom. The lowest BCUT2D eigenvalue weighted by molar-refractivity contribution is -0.153. The maximum Gasteiger partial charge on any atom is 0.308 e. The minimum atomic E-state index is -0.472. The van der Waals surface area contributed by atoms with Gasteiger partial charge < -0.3 is 14.2 Å². The van der Waals surface area contributed by atoms with E-state index in [0.29, 0.717) is 19.6 Å². The van der Waals surface area contributed by atoms with Gasteiger partial charge >= 0.3 is 5.97 Å². The van der Waals surface area contributed by atoms with Gasteiger partial charge in [-0.15, -0.1) is 0 Å². The monoisotopic (exact) mass is 533 g/mol. The van der Waals surface area contributed by atoms with E-state index in [1.165, 1.54) is 12.5 Å². The molecule has 0 saturated heterocycles. The van der Waals surface area contributed by atoms with Crippen molar-refractivity contribution in [3.8, 4) is 0 Å². The van der Waals surface area contributed by atoms with Crippen LogP contribution in [0.25, 0.3) is 0 Å². The molecule has 0 aliphatic heterocycles. The minimum Gasteiger partial charge on any atom is -0.462 e. The fourth-order valence-electron chi connectivity index (χ4n) is 3.20. The average Bonchev–Trinajstić information content (AvgIpc) is 2.79. The van der Waals surface area contributed by atoms with E-state index in [1.807, 2.05) is 60.3 Å². The highest BCUT2D eigenvalue weighted by atomic mass is 32.2. The first-order chi connectivity index (χ1) is 15.6. The smallest absolute Gasteiger partial charge is 0.308 e. The molecule has 0 heterocycles. The number of benzene rings is 2. The molecule has 209 valence electrons. The summed E-state index contributed by atoms with van der Waals surface area (Å²) in [4.78, 5) is 24.1. The van der Waals surface area contributed by atoms with Gasteiger partial charge in [0.2, 0.25) is 0 Å². The predicted octanol–water partition coefficient (Wildman–Crippen LogP) is 7.38. The molecular formula is C30H50BO5S. The topological polar surface area (TPSA) is 61.8 Å². The lowest BCUT2D eigenvalue weighted by Crippen LogP contribution is -2.26. The van der Waals surface area contributed by atoms with Gasteiger partial charge in [-0.3, -0.25) is 9.59 Å². The highest BCUT2D eigenvalue weighted by Gasteiger charge is 2.20. The first-order valence-electron chi connectivity index (χ1n) is 11.0. The van der Waals surface area contributed by atoms with Crippen molar-refractivity contribution < 1.29 is 23.8 Å². The molecule has 7 heteroatoms. The molecule has 37 heavy (non-hydrogen) atoms. The van der Waals surface area contributed by atoms with Gasteiger partial charge in [-0.25, -0.2) is 0 Å². The summed E-state index contributed by atoms with van der Waals surface area (Å²) in [6.45, 7) is 2.42. The summed E-state index contributed by atoms with van der Waals surface area (Å²) >= 11 is 1.82. The van der Waals surface area contributed by atoms with Gasteiger partial charge in [0.1, 0.15) is 11.9 Å². The van der Waals surface area contributed by atoms with E-state index in [1.54, 1.807) is 7.11 Å². The van der Waals surface area contributed by atoms with E-state index < -0.39 is 6.10 Å². The zero-order valence-electron chi connectivity index (χ0n) is 19.6. The summed E-state index contributed by atoms with van der Waals surface area (Å²) in [6, 6.07) is 20.2. The summed E-state index contributed by atoms with van der Waals surface area (Å²) in [5, 5.41) is 0. The fraction of sp³-hybridized carbons (Fsp3) is 0.533. The molecular weight excluding hydrogens is 483 g/mol. The van der Waals surface area contributed by atoms with E-state index in [0.717, 1.165) is 23.5 Å². The van der Waals surface area contributed by atoms with Crippen LogP contribution in [0.15, 0.2) is 60.7 Å². The van der Waals surface area contributed by atoms with Crippen LogP contribution in [0, 0.1) is 0 Å². The van der Waals surface area contributed by atoms with Crippen LogP contribution in [0.3, 0.4) is 0 Å². The highest BCUT2D eigenvalue weighted by Crippen LogP contribution is 2.17. The standard InChI is InChI=1S/C26H34O5S.4CH4.B/c1-21(27)17-25(13-15-30-19-22-9-5-3-6-10-22)31-26(28)18-24(29-2)14-16-32-20-23-11-7-4-8-12-23;;;;;/h3-12,24-25H,13-20H2,1-2H3;4*1H4;. The molecule has 2 unspecified atom stereocenters. The van der Waals surface area contributed by atoms with E-state index in [9.17, 15) is 9.59 Å². The SMILES string of the molecule is C.C.C.C.COC(CCSCc1ccccc1)CC(=O)OC(CCOCc1ccccc1)CC(C)=O.[B]. The van der Waals surface area contributed by atoms with Gasteiger partial charge in [0, 0.05) is 34.1 Å². The van der Waals surface area contributed by atoms with Crippen LogP contribution in [0.1, 0.15) is 73.4 Å². The Bertz CT molecular complexity index is 789. The lowest BCUT2D eigenvalue weighted by atomic mass is 10.1. The molecule has 2 atom stereocenters. The zero-order chi connectivity index (χ0) is 23.0. The summed E-state index contributed by atoms with van der Waals surface area (Å²) in [6.07, 6.45) is 0.967. The third-order valence-electron chi connectivity index (χ3n) is 4.93. The van der Waals surface area contributed by atoms with Crippen molar-refractivity contribution in [2.45, 2.75) is 86.9 Å². The Kier molecular flexibility index (Phi) is 29.0. The summed E-state index contributed by atoms with van der Waals surface area (Å²) in [7, 11) is 1.62. The van der Waals surface area contributed by atoms with Crippen LogP contribution in [0.5, 0.6) is 0 Å². The second-order valence-corrected chi connectivity index (χ2v) is 8.84. The molecule has 2 rings (SSSR count). The number of ketones is 1. The number of Topliss-reactive ketones (excluding diaryl/α,β-unsaturated/α-hetero) is 1. The van der Waals surface area contributed by atoms with Crippen LogP contribution < -0.4 is 0 Å². The number of methoxy groups -OCH3 is 1. The number of ether oxygens (including phenoxy) is 3. The van der Waals surface area contributed by atoms with Gasteiger partial charge in [-0.05, 0) is 30.2 Å². The number of hydrogen-bond donors (Lipinski definition) is 0. The average molecular weight is 534 g/mol. The minimum absolute atomic E-state index is 0. The quantitative estimate of drug-likeness (QED) is 0.127. The molecule has 3 radical (unpaired) electrons. The molecule has 2 aromatic rings. The fourth-order valence-corrected chi connectivity index (χ4v) is 4.21. The molecule has 0 bridgehead atoms. The van der Waals surface area contributed by atoms with Crippen molar-refractivity contribution in [2.24, 2.45) is 0 Å². The first kappa shape index (κ1) is 42.0. The number of hydrogen-bond acceptors (Lipinski definition) is 6. The number of carbonyl (C=O) groups excluding carboxylic acids is 2. The van der Waals surface area contributed by atoms with Gasteiger partial charge in [0.05, 0.1) is 25.7 Å². The molecule has 0 aliphatic rings. The summed E-state index contributed by atoms with van der Waals surface area (Å²) < 4.78 is 16.8. The molecule has 0 N–H and O–H groups in total. The number of thioether (sulfide) groups is 1. The van der Waals surface area contributed by atoms with Crippen molar-refractivity contribution in [1.82, 2.24) is 0 Å². The molecule has 2 aromatic carbocycles. The Balaban J connectivity index is -0.00000109. The molecule has 0 aliphatic carbocycles. The van der Waals surface area contributed by atoms with Gasteiger partial charge in [0.15, 0.2) is 0 Å². The third-order valence-corrected chi connectivity index (χ3v) is 5.99. The number of carbonyl (C=O) groups is 2. The normalized spacial score (nSPS) is 11.1. The van der Waals surface area contributed by atoms with E-state index >= 15 is 0 Å². The van der Waals surface area contributed by atoms with Crippen molar-refractivity contribution in [3.63, 3.8) is 0 Å². The first-order valence-corrected chi connectivity index (χ1v) is 12.2. The Labute approximate surface area is 233 Å². The molecule has 0 spiro atoms. The van der Waals surface area contributed by atoms with Gasteiger partial charge in [-0.1, -0.05) is 90.4 Å². The van der Waals surface area contributed by atoms with Crippen LogP contribution in [-0.4, -0.2) is 51.8 Å². The Morgan fingerprint density at radius 2 is 1.38 bits per heavy atom. The van der Waals surface area contributed by atoms with Crippen LogP contribution in [0.4, 0.5) is 0 Å². The third kappa shape index (κ3) is 19.7. The second kappa shape index (κ2) is 25.6. The number of esters is 1. The largest absolute Gasteiger partial charge is 0.462 e. The van der Waals surface area contributed by atoms with E-state index in [-0.39, 0.29) is 68.8 Å². The molecule has 0 fully saturated rings. The van der Waals surface area contributed by atoms with Crippen molar-refractivity contribution in [3.05, 3.63) is 71.8 Å². The van der Waals surface area contributed by atoms with Gasteiger partial charge in [0.25, 0.3) is 0 Å². The lowest BCUT2D eigenvalue weighted by Gasteiger charge is -2.19. The predicted molar refractivity (Wildman–Crippen MR) is 161 cm³/mol. The van der Waals surface area contributed by atoms with Crippen LogP contribution in [-0.2, 0) is 36.2 Å². The van der Waals surface area contributed by atoms with E-state index in [4.69, 9.17) is 14.2 Å². The summed E-state index contributed by atoms with van der Waals surface area (Å²) in [5.74, 6) is 1.49. The zero-order valence-corrected chi connectivity index (χ0v) is 20.4. The van der Waals surface area contributed by atoms with Crippen molar-refractivity contribution >= 4 is 31.9 Å².